The van der Waals surface area contributed by atoms with E-state index in [9.17, 15) is 4.79 Å². The first-order chi connectivity index (χ1) is 9.13. The van der Waals surface area contributed by atoms with Gasteiger partial charge in [0.25, 0.3) is 0 Å². The van der Waals surface area contributed by atoms with Crippen molar-refractivity contribution in [3.8, 4) is 0 Å². The van der Waals surface area contributed by atoms with E-state index in [-0.39, 0.29) is 5.92 Å². The Hall–Kier alpha value is -0.870. The van der Waals surface area contributed by atoms with E-state index in [0.717, 1.165) is 17.3 Å². The SMILES string of the molecule is CN(Cc1cccc(Br)c1)C(=O)C1CC2CCC1N2. The summed E-state index contributed by atoms with van der Waals surface area (Å²) >= 11 is 3.47. The molecule has 102 valence electrons. The topological polar surface area (TPSA) is 32.3 Å². The average Bonchev–Trinajstić information content (AvgIpc) is 3.00. The summed E-state index contributed by atoms with van der Waals surface area (Å²) in [5, 5.41) is 3.53. The van der Waals surface area contributed by atoms with Gasteiger partial charge < -0.3 is 10.2 Å². The largest absolute Gasteiger partial charge is 0.341 e. The first-order valence-corrected chi connectivity index (χ1v) is 7.68. The summed E-state index contributed by atoms with van der Waals surface area (Å²) in [7, 11) is 1.91. The van der Waals surface area contributed by atoms with Gasteiger partial charge in [-0.05, 0) is 37.0 Å². The Morgan fingerprint density at radius 1 is 1.47 bits per heavy atom. The van der Waals surface area contributed by atoms with Crippen molar-refractivity contribution in [3.63, 3.8) is 0 Å². The van der Waals surface area contributed by atoms with Gasteiger partial charge in [0.05, 0.1) is 5.92 Å². The molecule has 3 rings (SSSR count). The smallest absolute Gasteiger partial charge is 0.227 e. The molecular formula is C15H19BrN2O. The molecule has 2 fully saturated rings. The molecule has 4 heteroatoms. The van der Waals surface area contributed by atoms with E-state index < -0.39 is 0 Å². The van der Waals surface area contributed by atoms with Crippen molar-refractivity contribution in [3.05, 3.63) is 34.3 Å². The minimum Gasteiger partial charge on any atom is -0.341 e. The Morgan fingerprint density at radius 3 is 2.95 bits per heavy atom. The van der Waals surface area contributed by atoms with E-state index in [1.165, 1.54) is 12.0 Å². The molecule has 2 bridgehead atoms. The van der Waals surface area contributed by atoms with Crippen LogP contribution in [0.2, 0.25) is 0 Å². The monoisotopic (exact) mass is 322 g/mol. The number of nitrogens with zero attached hydrogens (tertiary/aromatic N) is 1. The first-order valence-electron chi connectivity index (χ1n) is 6.89. The van der Waals surface area contributed by atoms with Gasteiger partial charge in [-0.2, -0.15) is 0 Å². The quantitative estimate of drug-likeness (QED) is 0.927. The molecule has 3 nitrogen and oxygen atoms in total. The van der Waals surface area contributed by atoms with Crippen LogP contribution in [-0.2, 0) is 11.3 Å². The maximum Gasteiger partial charge on any atom is 0.227 e. The fourth-order valence-electron chi connectivity index (χ4n) is 3.37. The predicted molar refractivity (Wildman–Crippen MR) is 78.7 cm³/mol. The van der Waals surface area contributed by atoms with E-state index in [1.54, 1.807) is 0 Å². The number of nitrogens with one attached hydrogen (secondary N) is 1. The second-order valence-electron chi connectivity index (χ2n) is 5.71. The molecule has 0 aromatic heterocycles. The van der Waals surface area contributed by atoms with Gasteiger partial charge in [0, 0.05) is 30.1 Å². The summed E-state index contributed by atoms with van der Waals surface area (Å²) in [4.78, 5) is 14.4. The molecule has 1 aromatic carbocycles. The number of carbonyl (C=O) groups is 1. The van der Waals surface area contributed by atoms with Gasteiger partial charge in [-0.15, -0.1) is 0 Å². The van der Waals surface area contributed by atoms with Gasteiger partial charge in [-0.3, -0.25) is 4.79 Å². The van der Waals surface area contributed by atoms with E-state index in [2.05, 4.69) is 33.4 Å². The Morgan fingerprint density at radius 2 is 2.32 bits per heavy atom. The zero-order chi connectivity index (χ0) is 13.4. The van der Waals surface area contributed by atoms with Crippen LogP contribution in [-0.4, -0.2) is 29.9 Å². The van der Waals surface area contributed by atoms with Gasteiger partial charge >= 0.3 is 0 Å². The minimum absolute atomic E-state index is 0.191. The summed E-state index contributed by atoms with van der Waals surface area (Å²) in [6.07, 6.45) is 3.42. The van der Waals surface area contributed by atoms with Gasteiger partial charge in [0.15, 0.2) is 0 Å². The van der Waals surface area contributed by atoms with Gasteiger partial charge in [0.2, 0.25) is 5.91 Å². The highest BCUT2D eigenvalue weighted by Gasteiger charge is 2.43. The molecular weight excluding hydrogens is 304 g/mol. The lowest BCUT2D eigenvalue weighted by Gasteiger charge is -2.25. The van der Waals surface area contributed by atoms with Crippen LogP contribution in [0.25, 0.3) is 0 Å². The molecule has 0 aliphatic carbocycles. The molecule has 2 aliphatic heterocycles. The minimum atomic E-state index is 0.191. The van der Waals surface area contributed by atoms with Crippen LogP contribution in [0.4, 0.5) is 0 Å². The molecule has 1 amide bonds. The number of hydrogen-bond donors (Lipinski definition) is 1. The molecule has 0 saturated carbocycles. The maximum atomic E-state index is 12.5. The normalized spacial score (nSPS) is 28.6. The Bertz CT molecular complexity index is 491. The molecule has 2 aliphatic rings. The fourth-order valence-corrected chi connectivity index (χ4v) is 3.81. The van der Waals surface area contributed by atoms with Crippen molar-refractivity contribution in [2.45, 2.75) is 37.9 Å². The lowest BCUT2D eigenvalue weighted by atomic mass is 9.88. The van der Waals surface area contributed by atoms with E-state index in [4.69, 9.17) is 0 Å². The molecule has 3 atom stereocenters. The lowest BCUT2D eigenvalue weighted by Crippen LogP contribution is -2.38. The van der Waals surface area contributed by atoms with Crippen molar-refractivity contribution in [1.82, 2.24) is 10.2 Å². The van der Waals surface area contributed by atoms with Crippen molar-refractivity contribution in [2.24, 2.45) is 5.92 Å². The molecule has 3 unspecified atom stereocenters. The molecule has 2 saturated heterocycles. The third-order valence-electron chi connectivity index (χ3n) is 4.30. The van der Waals surface area contributed by atoms with Crippen LogP contribution in [0.1, 0.15) is 24.8 Å². The number of hydrogen-bond acceptors (Lipinski definition) is 2. The van der Waals surface area contributed by atoms with Crippen molar-refractivity contribution in [1.29, 1.82) is 0 Å². The summed E-state index contributed by atoms with van der Waals surface area (Å²) in [6.45, 7) is 0.687. The second kappa shape index (κ2) is 5.25. The summed E-state index contributed by atoms with van der Waals surface area (Å²) in [5.74, 6) is 0.482. The van der Waals surface area contributed by atoms with E-state index in [0.29, 0.717) is 24.5 Å². The highest BCUT2D eigenvalue weighted by molar-refractivity contribution is 9.10. The number of benzene rings is 1. The third kappa shape index (κ3) is 2.70. The summed E-state index contributed by atoms with van der Waals surface area (Å²) in [5.41, 5.74) is 1.17. The van der Waals surface area contributed by atoms with Crippen molar-refractivity contribution >= 4 is 21.8 Å². The number of fused-ring (bicyclic) bond motifs is 2. The Labute approximate surface area is 122 Å². The molecule has 1 aromatic rings. The second-order valence-corrected chi connectivity index (χ2v) is 6.63. The number of carbonyl (C=O) groups excluding carboxylic acids is 1. The van der Waals surface area contributed by atoms with Crippen molar-refractivity contribution < 1.29 is 4.79 Å². The maximum absolute atomic E-state index is 12.5. The lowest BCUT2D eigenvalue weighted by molar-refractivity contribution is -0.135. The zero-order valence-electron chi connectivity index (χ0n) is 11.1. The molecule has 0 radical (unpaired) electrons. The molecule has 19 heavy (non-hydrogen) atoms. The highest BCUT2D eigenvalue weighted by Crippen LogP contribution is 2.34. The van der Waals surface area contributed by atoms with E-state index >= 15 is 0 Å². The van der Waals surface area contributed by atoms with E-state index in [1.807, 2.05) is 24.1 Å². The van der Waals surface area contributed by atoms with Crippen LogP contribution in [0.15, 0.2) is 28.7 Å². The van der Waals surface area contributed by atoms with Gasteiger partial charge in [0.1, 0.15) is 0 Å². The van der Waals surface area contributed by atoms with Crippen LogP contribution in [0.3, 0.4) is 0 Å². The fraction of sp³-hybridized carbons (Fsp3) is 0.533. The highest BCUT2D eigenvalue weighted by atomic mass is 79.9. The Kier molecular flexibility index (Phi) is 3.63. The third-order valence-corrected chi connectivity index (χ3v) is 4.80. The van der Waals surface area contributed by atoms with Gasteiger partial charge in [-0.1, -0.05) is 28.1 Å². The molecule has 1 N–H and O–H groups in total. The van der Waals surface area contributed by atoms with Crippen LogP contribution >= 0.6 is 15.9 Å². The predicted octanol–water partition coefficient (Wildman–Crippen LogP) is 2.55. The average molecular weight is 323 g/mol. The zero-order valence-corrected chi connectivity index (χ0v) is 12.7. The summed E-state index contributed by atoms with van der Waals surface area (Å²) < 4.78 is 1.06. The van der Waals surface area contributed by atoms with Crippen LogP contribution in [0.5, 0.6) is 0 Å². The number of rotatable bonds is 3. The van der Waals surface area contributed by atoms with Crippen LogP contribution in [0, 0.1) is 5.92 Å². The summed E-state index contributed by atoms with van der Waals surface area (Å²) in [6, 6.07) is 9.15. The van der Waals surface area contributed by atoms with Gasteiger partial charge in [-0.25, -0.2) is 0 Å². The molecule has 2 heterocycles. The number of amides is 1. The first kappa shape index (κ1) is 13.1. The number of halogens is 1. The van der Waals surface area contributed by atoms with Crippen molar-refractivity contribution in [2.75, 3.05) is 7.05 Å². The molecule has 0 spiro atoms. The van der Waals surface area contributed by atoms with Crippen LogP contribution < -0.4 is 5.32 Å². The standard InChI is InChI=1S/C15H19BrN2O/c1-18(9-10-3-2-4-11(16)7-10)15(19)13-8-12-5-6-14(13)17-12/h2-4,7,12-14,17H,5-6,8-9H2,1H3. The Balaban J connectivity index is 1.64.